The fourth-order valence-corrected chi connectivity index (χ4v) is 6.13. The standard InChI is InChI=1S/C33H34O13/c1-40-20-11-10-19-26-22(12-16-6-4-3-5-7-16)44-21-13-17(8-9-18(21)30(26)46-31(19)32(20)41-2)43-33-29(39)28(38)27(37)23(45-33)15-42-25(36)14-24(34)35/h3-11,13,22-23,26-30,33,37-39H,12,14-15H2,1-2H3,(H,34,35)/t22-,23-,26-,27-,28+,29-,30+,33-/m1/s1. The van der Waals surface area contributed by atoms with Crippen molar-refractivity contribution in [1.82, 2.24) is 0 Å². The van der Waals surface area contributed by atoms with Gasteiger partial charge in [-0.3, -0.25) is 9.59 Å². The Balaban J connectivity index is 1.26. The monoisotopic (exact) mass is 638 g/mol. The van der Waals surface area contributed by atoms with Crippen LogP contribution in [0.25, 0.3) is 0 Å². The molecule has 0 saturated carbocycles. The summed E-state index contributed by atoms with van der Waals surface area (Å²) in [4.78, 5) is 22.5. The molecule has 0 unspecified atom stereocenters. The zero-order valence-electron chi connectivity index (χ0n) is 25.0. The predicted molar refractivity (Wildman–Crippen MR) is 157 cm³/mol. The number of aliphatic carboxylic acids is 1. The molecule has 4 N–H and O–H groups in total. The van der Waals surface area contributed by atoms with Gasteiger partial charge in [0, 0.05) is 23.6 Å². The summed E-state index contributed by atoms with van der Waals surface area (Å²) in [5.41, 5.74) is 2.75. The van der Waals surface area contributed by atoms with E-state index in [0.29, 0.717) is 29.4 Å². The van der Waals surface area contributed by atoms with Crippen molar-refractivity contribution in [3.05, 3.63) is 77.4 Å². The van der Waals surface area contributed by atoms with Crippen molar-refractivity contribution < 1.29 is 63.2 Å². The van der Waals surface area contributed by atoms with Crippen molar-refractivity contribution >= 4 is 11.9 Å². The number of fused-ring (bicyclic) bond motifs is 5. The summed E-state index contributed by atoms with van der Waals surface area (Å²) in [5, 5.41) is 40.2. The first-order valence-corrected chi connectivity index (χ1v) is 14.7. The number of carboxylic acids is 1. The molecule has 46 heavy (non-hydrogen) atoms. The third-order valence-electron chi connectivity index (χ3n) is 8.34. The highest BCUT2D eigenvalue weighted by molar-refractivity contribution is 5.90. The number of ether oxygens (including phenoxy) is 7. The van der Waals surface area contributed by atoms with Gasteiger partial charge >= 0.3 is 11.9 Å². The second kappa shape index (κ2) is 13.0. The van der Waals surface area contributed by atoms with E-state index in [-0.39, 0.29) is 17.8 Å². The van der Waals surface area contributed by atoms with Gasteiger partial charge in [0.25, 0.3) is 0 Å². The minimum absolute atomic E-state index is 0.181. The van der Waals surface area contributed by atoms with Gasteiger partial charge in [-0.05, 0) is 23.8 Å². The van der Waals surface area contributed by atoms with Crippen molar-refractivity contribution in [1.29, 1.82) is 0 Å². The third-order valence-corrected chi connectivity index (χ3v) is 8.34. The molecule has 13 nitrogen and oxygen atoms in total. The first-order valence-electron chi connectivity index (χ1n) is 14.7. The van der Waals surface area contributed by atoms with Crippen LogP contribution in [0.15, 0.2) is 60.7 Å². The van der Waals surface area contributed by atoms with Crippen molar-refractivity contribution in [2.24, 2.45) is 0 Å². The molecule has 3 aromatic rings. The maximum atomic E-state index is 11.7. The van der Waals surface area contributed by atoms with Crippen LogP contribution in [-0.4, -0.2) is 90.0 Å². The van der Waals surface area contributed by atoms with Gasteiger partial charge in [0.15, 0.2) is 11.5 Å². The van der Waals surface area contributed by atoms with Crippen LogP contribution in [0, 0.1) is 0 Å². The number of carbonyl (C=O) groups is 2. The first kappa shape index (κ1) is 31.4. The Bertz CT molecular complexity index is 1580. The lowest BCUT2D eigenvalue weighted by molar-refractivity contribution is -0.278. The Morgan fingerprint density at radius 3 is 2.33 bits per heavy atom. The number of aliphatic hydroxyl groups excluding tert-OH is 3. The first-order chi connectivity index (χ1) is 22.2. The van der Waals surface area contributed by atoms with Crippen LogP contribution in [0.2, 0.25) is 0 Å². The minimum atomic E-state index is -1.70. The maximum Gasteiger partial charge on any atom is 0.317 e. The highest BCUT2D eigenvalue weighted by atomic mass is 16.7. The number of methoxy groups -OCH3 is 2. The Morgan fingerprint density at radius 1 is 0.848 bits per heavy atom. The topological polar surface area (TPSA) is 180 Å². The summed E-state index contributed by atoms with van der Waals surface area (Å²) in [6.45, 7) is -0.569. The summed E-state index contributed by atoms with van der Waals surface area (Å²) >= 11 is 0. The molecule has 0 spiro atoms. The second-order valence-electron chi connectivity index (χ2n) is 11.2. The van der Waals surface area contributed by atoms with Crippen LogP contribution in [-0.2, 0) is 25.5 Å². The van der Waals surface area contributed by atoms with Crippen LogP contribution < -0.4 is 23.7 Å². The Morgan fingerprint density at radius 2 is 1.61 bits per heavy atom. The summed E-state index contributed by atoms with van der Waals surface area (Å²) in [6, 6.07) is 18.8. The second-order valence-corrected chi connectivity index (χ2v) is 11.2. The number of hydrogen-bond donors (Lipinski definition) is 4. The maximum absolute atomic E-state index is 11.7. The Labute approximate surface area is 263 Å². The van der Waals surface area contributed by atoms with Gasteiger partial charge < -0.3 is 53.6 Å². The summed E-state index contributed by atoms with van der Waals surface area (Å²) in [6.07, 6.45) is -8.87. The lowest BCUT2D eigenvalue weighted by Gasteiger charge is -2.40. The molecule has 3 heterocycles. The van der Waals surface area contributed by atoms with E-state index in [0.717, 1.165) is 16.7 Å². The molecule has 0 aromatic heterocycles. The van der Waals surface area contributed by atoms with Gasteiger partial charge in [-0.15, -0.1) is 0 Å². The van der Waals surface area contributed by atoms with Crippen LogP contribution >= 0.6 is 0 Å². The molecule has 0 bridgehead atoms. The van der Waals surface area contributed by atoms with Crippen LogP contribution in [0.5, 0.6) is 28.7 Å². The van der Waals surface area contributed by atoms with E-state index < -0.39 is 61.8 Å². The van der Waals surface area contributed by atoms with Crippen molar-refractivity contribution in [2.45, 2.75) is 61.7 Å². The summed E-state index contributed by atoms with van der Waals surface area (Å²) < 4.78 is 40.8. The van der Waals surface area contributed by atoms with E-state index in [4.69, 9.17) is 38.3 Å². The zero-order valence-corrected chi connectivity index (χ0v) is 25.0. The lowest BCUT2D eigenvalue weighted by atomic mass is 9.81. The van der Waals surface area contributed by atoms with E-state index in [1.54, 1.807) is 32.4 Å². The van der Waals surface area contributed by atoms with Gasteiger partial charge in [-0.2, -0.15) is 0 Å². The number of rotatable bonds is 10. The predicted octanol–water partition coefficient (Wildman–Crippen LogP) is 2.13. The summed E-state index contributed by atoms with van der Waals surface area (Å²) in [7, 11) is 3.12. The third kappa shape index (κ3) is 6.01. The Hall–Kier alpha value is -4.56. The molecule has 1 saturated heterocycles. The highest BCUT2D eigenvalue weighted by Gasteiger charge is 2.49. The molecule has 0 radical (unpaired) electrons. The van der Waals surface area contributed by atoms with Gasteiger partial charge in [0.1, 0.15) is 61.2 Å². The number of carboxylic acid groups (broad SMARTS) is 1. The van der Waals surface area contributed by atoms with Crippen molar-refractivity contribution in [3.63, 3.8) is 0 Å². The number of hydrogen-bond acceptors (Lipinski definition) is 12. The van der Waals surface area contributed by atoms with Gasteiger partial charge in [-0.1, -0.05) is 36.4 Å². The molecule has 3 aliphatic heterocycles. The number of benzene rings is 3. The normalized spacial score (nSPS) is 27.6. The molecule has 0 aliphatic carbocycles. The van der Waals surface area contributed by atoms with Crippen LogP contribution in [0.4, 0.5) is 0 Å². The van der Waals surface area contributed by atoms with Gasteiger partial charge in [0.05, 0.1) is 20.1 Å². The quantitative estimate of drug-likeness (QED) is 0.188. The largest absolute Gasteiger partial charge is 0.493 e. The van der Waals surface area contributed by atoms with Crippen LogP contribution in [0.3, 0.4) is 0 Å². The minimum Gasteiger partial charge on any atom is -0.493 e. The molecule has 13 heteroatoms. The average molecular weight is 639 g/mol. The fraction of sp³-hybridized carbons (Fsp3) is 0.394. The molecular weight excluding hydrogens is 604 g/mol. The Kier molecular flexibility index (Phi) is 8.91. The highest BCUT2D eigenvalue weighted by Crippen LogP contribution is 2.58. The van der Waals surface area contributed by atoms with E-state index in [9.17, 15) is 24.9 Å². The number of esters is 1. The SMILES string of the molecule is COc1ccc2c(c1OC)O[C@H]1c3ccc(O[C@@H]4O[C@H](COC(=O)CC(=O)O)[C@@H](O)[C@H](O)[C@H]4O)cc3O[C@H](Cc3ccccc3)[C@@H]21. The van der Waals surface area contributed by atoms with E-state index >= 15 is 0 Å². The number of aliphatic hydroxyl groups is 3. The molecular formula is C33H34O13. The number of carbonyl (C=O) groups excluding carboxylic acids is 1. The van der Waals surface area contributed by atoms with Gasteiger partial charge in [-0.25, -0.2) is 0 Å². The molecule has 6 rings (SSSR count). The molecule has 3 aliphatic rings. The molecule has 8 atom stereocenters. The molecule has 3 aromatic carbocycles. The lowest BCUT2D eigenvalue weighted by Crippen LogP contribution is -2.60. The van der Waals surface area contributed by atoms with Crippen molar-refractivity contribution in [2.75, 3.05) is 20.8 Å². The molecule has 244 valence electrons. The molecule has 0 amide bonds. The van der Waals surface area contributed by atoms with Gasteiger partial charge in [0.2, 0.25) is 12.0 Å². The fourth-order valence-electron chi connectivity index (χ4n) is 6.13. The molecule has 1 fully saturated rings. The van der Waals surface area contributed by atoms with E-state index in [1.807, 2.05) is 42.5 Å². The smallest absolute Gasteiger partial charge is 0.317 e. The van der Waals surface area contributed by atoms with E-state index in [2.05, 4.69) is 0 Å². The van der Waals surface area contributed by atoms with Crippen LogP contribution in [0.1, 0.15) is 35.1 Å². The average Bonchev–Trinajstić information content (AvgIpc) is 3.44. The zero-order chi connectivity index (χ0) is 32.5. The van der Waals surface area contributed by atoms with Crippen molar-refractivity contribution in [3.8, 4) is 28.7 Å². The van der Waals surface area contributed by atoms with E-state index in [1.165, 1.54) is 0 Å². The summed E-state index contributed by atoms with van der Waals surface area (Å²) in [5.74, 6) is -0.317.